The quantitative estimate of drug-likeness (QED) is 0.931. The standard InChI is InChI=1S/C15H19FN4/c1-10(2)13-14(17)18-9-19-15(13)20(3)8-11-5-4-6-12(16)7-11/h4-7,9-10H,8H2,1-3H3,(H2,17,18,19). The molecule has 1 aromatic heterocycles. The largest absolute Gasteiger partial charge is 0.383 e. The van der Waals surface area contributed by atoms with Crippen molar-refractivity contribution >= 4 is 11.6 Å². The summed E-state index contributed by atoms with van der Waals surface area (Å²) >= 11 is 0. The Morgan fingerprint density at radius 3 is 2.70 bits per heavy atom. The van der Waals surface area contributed by atoms with Gasteiger partial charge in [0.2, 0.25) is 0 Å². The summed E-state index contributed by atoms with van der Waals surface area (Å²) < 4.78 is 13.2. The molecule has 0 amide bonds. The first-order chi connectivity index (χ1) is 9.49. The molecule has 0 spiro atoms. The first-order valence-electron chi connectivity index (χ1n) is 6.55. The van der Waals surface area contributed by atoms with Crippen LogP contribution >= 0.6 is 0 Å². The van der Waals surface area contributed by atoms with Gasteiger partial charge in [-0.25, -0.2) is 14.4 Å². The van der Waals surface area contributed by atoms with Gasteiger partial charge in [0.25, 0.3) is 0 Å². The number of nitrogens with zero attached hydrogens (tertiary/aromatic N) is 3. The normalized spacial score (nSPS) is 10.8. The molecule has 1 heterocycles. The van der Waals surface area contributed by atoms with Crippen molar-refractivity contribution in [1.82, 2.24) is 9.97 Å². The first-order valence-corrected chi connectivity index (χ1v) is 6.55. The molecular formula is C15H19FN4. The Kier molecular flexibility index (Phi) is 4.17. The lowest BCUT2D eigenvalue weighted by Crippen LogP contribution is -2.21. The molecule has 0 atom stereocenters. The van der Waals surface area contributed by atoms with Crippen molar-refractivity contribution in [2.24, 2.45) is 0 Å². The maximum atomic E-state index is 13.2. The summed E-state index contributed by atoms with van der Waals surface area (Å²) in [5.74, 6) is 1.27. The van der Waals surface area contributed by atoms with E-state index in [9.17, 15) is 4.39 Å². The van der Waals surface area contributed by atoms with Gasteiger partial charge in [0, 0.05) is 19.2 Å². The summed E-state index contributed by atoms with van der Waals surface area (Å²) in [5, 5.41) is 0. The molecule has 20 heavy (non-hydrogen) atoms. The Balaban J connectivity index is 2.30. The fourth-order valence-electron chi connectivity index (χ4n) is 2.24. The van der Waals surface area contributed by atoms with Gasteiger partial charge in [0.1, 0.15) is 23.8 Å². The molecule has 0 saturated carbocycles. The summed E-state index contributed by atoms with van der Waals surface area (Å²) in [6.45, 7) is 4.66. The zero-order valence-corrected chi connectivity index (χ0v) is 12.0. The molecule has 0 aliphatic rings. The van der Waals surface area contributed by atoms with E-state index in [1.165, 1.54) is 18.5 Å². The third-order valence-corrected chi connectivity index (χ3v) is 3.14. The number of rotatable bonds is 4. The van der Waals surface area contributed by atoms with Crippen molar-refractivity contribution in [3.8, 4) is 0 Å². The Hall–Kier alpha value is -2.17. The van der Waals surface area contributed by atoms with Crippen LogP contribution < -0.4 is 10.6 Å². The van der Waals surface area contributed by atoms with Gasteiger partial charge in [-0.1, -0.05) is 26.0 Å². The van der Waals surface area contributed by atoms with Crippen molar-refractivity contribution in [2.45, 2.75) is 26.3 Å². The van der Waals surface area contributed by atoms with Crippen molar-refractivity contribution in [2.75, 3.05) is 17.7 Å². The van der Waals surface area contributed by atoms with Crippen LogP contribution in [0, 0.1) is 5.82 Å². The minimum atomic E-state index is -0.234. The molecular weight excluding hydrogens is 255 g/mol. The average Bonchev–Trinajstić information content (AvgIpc) is 2.37. The van der Waals surface area contributed by atoms with Gasteiger partial charge < -0.3 is 10.6 Å². The molecule has 0 bridgehead atoms. The van der Waals surface area contributed by atoms with Crippen LogP contribution in [0.1, 0.15) is 30.9 Å². The van der Waals surface area contributed by atoms with E-state index in [1.54, 1.807) is 6.07 Å². The second-order valence-electron chi connectivity index (χ2n) is 5.14. The summed E-state index contributed by atoms with van der Waals surface area (Å²) in [5.41, 5.74) is 7.75. The van der Waals surface area contributed by atoms with E-state index < -0.39 is 0 Å². The third-order valence-electron chi connectivity index (χ3n) is 3.14. The van der Waals surface area contributed by atoms with Gasteiger partial charge in [-0.15, -0.1) is 0 Å². The smallest absolute Gasteiger partial charge is 0.137 e. The minimum Gasteiger partial charge on any atom is -0.383 e. The van der Waals surface area contributed by atoms with E-state index >= 15 is 0 Å². The van der Waals surface area contributed by atoms with Gasteiger partial charge in [-0.2, -0.15) is 0 Å². The van der Waals surface area contributed by atoms with Crippen LogP contribution in [0.2, 0.25) is 0 Å². The number of aromatic nitrogens is 2. The summed E-state index contributed by atoms with van der Waals surface area (Å²) in [6, 6.07) is 6.55. The second kappa shape index (κ2) is 5.86. The first kappa shape index (κ1) is 14.2. The highest BCUT2D eigenvalue weighted by Crippen LogP contribution is 2.29. The van der Waals surface area contributed by atoms with Gasteiger partial charge in [-0.3, -0.25) is 0 Å². The van der Waals surface area contributed by atoms with Gasteiger partial charge in [0.05, 0.1) is 0 Å². The lowest BCUT2D eigenvalue weighted by atomic mass is 10.0. The van der Waals surface area contributed by atoms with E-state index in [2.05, 4.69) is 23.8 Å². The predicted octanol–water partition coefficient (Wildman–Crippen LogP) is 2.96. The van der Waals surface area contributed by atoms with Gasteiger partial charge in [0.15, 0.2) is 0 Å². The SMILES string of the molecule is CC(C)c1c(N)ncnc1N(C)Cc1cccc(F)c1. The van der Waals surface area contributed by atoms with Gasteiger partial charge >= 0.3 is 0 Å². The van der Waals surface area contributed by atoms with Gasteiger partial charge in [-0.05, 0) is 23.6 Å². The summed E-state index contributed by atoms with van der Waals surface area (Å²) in [7, 11) is 1.92. The molecule has 0 unspecified atom stereocenters. The maximum absolute atomic E-state index is 13.2. The Labute approximate surface area is 118 Å². The number of hydrogen-bond acceptors (Lipinski definition) is 4. The maximum Gasteiger partial charge on any atom is 0.137 e. The fraction of sp³-hybridized carbons (Fsp3) is 0.333. The molecule has 0 saturated heterocycles. The molecule has 5 heteroatoms. The van der Waals surface area contributed by atoms with E-state index in [-0.39, 0.29) is 11.7 Å². The monoisotopic (exact) mass is 274 g/mol. The Morgan fingerprint density at radius 1 is 1.30 bits per heavy atom. The highest BCUT2D eigenvalue weighted by atomic mass is 19.1. The highest BCUT2D eigenvalue weighted by Gasteiger charge is 2.16. The van der Waals surface area contributed by atoms with Crippen LogP contribution in [-0.2, 0) is 6.54 Å². The lowest BCUT2D eigenvalue weighted by molar-refractivity contribution is 0.625. The molecule has 0 fully saturated rings. The zero-order chi connectivity index (χ0) is 14.7. The second-order valence-corrected chi connectivity index (χ2v) is 5.14. The number of nitrogen functional groups attached to an aromatic ring is 1. The zero-order valence-electron chi connectivity index (χ0n) is 12.0. The molecule has 1 aromatic carbocycles. The van der Waals surface area contributed by atoms with E-state index in [1.807, 2.05) is 18.0 Å². The third kappa shape index (κ3) is 3.04. The number of hydrogen-bond donors (Lipinski definition) is 1. The molecule has 2 N–H and O–H groups in total. The number of anilines is 2. The number of halogens is 1. The van der Waals surface area contributed by atoms with Crippen LogP contribution in [0.4, 0.5) is 16.0 Å². The molecule has 2 rings (SSSR count). The van der Waals surface area contributed by atoms with Crippen LogP contribution in [0.15, 0.2) is 30.6 Å². The van der Waals surface area contributed by atoms with Crippen LogP contribution in [0.3, 0.4) is 0 Å². The molecule has 4 nitrogen and oxygen atoms in total. The van der Waals surface area contributed by atoms with Crippen LogP contribution in [-0.4, -0.2) is 17.0 Å². The van der Waals surface area contributed by atoms with Crippen molar-refractivity contribution in [3.05, 3.63) is 47.5 Å². The average molecular weight is 274 g/mol. The molecule has 0 radical (unpaired) electrons. The summed E-state index contributed by atoms with van der Waals surface area (Å²) in [4.78, 5) is 10.3. The number of nitrogens with two attached hydrogens (primary N) is 1. The topological polar surface area (TPSA) is 55.0 Å². The van der Waals surface area contributed by atoms with E-state index in [0.717, 1.165) is 16.9 Å². The summed E-state index contributed by atoms with van der Waals surface area (Å²) in [6.07, 6.45) is 1.46. The van der Waals surface area contributed by atoms with E-state index in [0.29, 0.717) is 12.4 Å². The Morgan fingerprint density at radius 2 is 2.05 bits per heavy atom. The molecule has 0 aliphatic heterocycles. The molecule has 2 aromatic rings. The van der Waals surface area contributed by atoms with E-state index in [4.69, 9.17) is 5.73 Å². The van der Waals surface area contributed by atoms with Crippen LogP contribution in [0.5, 0.6) is 0 Å². The van der Waals surface area contributed by atoms with Crippen molar-refractivity contribution in [3.63, 3.8) is 0 Å². The van der Waals surface area contributed by atoms with Crippen molar-refractivity contribution in [1.29, 1.82) is 0 Å². The Bertz CT molecular complexity index is 598. The fourth-order valence-corrected chi connectivity index (χ4v) is 2.24. The highest BCUT2D eigenvalue weighted by molar-refractivity contribution is 5.58. The van der Waals surface area contributed by atoms with Crippen LogP contribution in [0.25, 0.3) is 0 Å². The predicted molar refractivity (Wildman–Crippen MR) is 79.0 cm³/mol. The lowest BCUT2D eigenvalue weighted by Gasteiger charge is -2.23. The molecule has 0 aliphatic carbocycles. The number of benzene rings is 1. The van der Waals surface area contributed by atoms with Crippen molar-refractivity contribution < 1.29 is 4.39 Å². The minimum absolute atomic E-state index is 0.223. The molecule has 106 valence electrons.